The lowest BCUT2D eigenvalue weighted by Gasteiger charge is -2.47. The van der Waals surface area contributed by atoms with Crippen LogP contribution in [0.1, 0.15) is 70.6 Å². The summed E-state index contributed by atoms with van der Waals surface area (Å²) in [5, 5.41) is 18.8. The van der Waals surface area contributed by atoms with Crippen molar-refractivity contribution in [3.63, 3.8) is 0 Å². The zero-order valence-electron chi connectivity index (χ0n) is 38.0. The molecule has 0 aromatic heterocycles. The van der Waals surface area contributed by atoms with Gasteiger partial charge in [-0.2, -0.15) is 0 Å². The number of aliphatic hydroxyl groups is 1. The normalized spacial score (nSPS) is 17.3. The van der Waals surface area contributed by atoms with Crippen molar-refractivity contribution in [2.75, 3.05) is 32.2 Å². The molecule has 0 radical (unpaired) electrons. The Morgan fingerprint density at radius 2 is 1.28 bits per heavy atom. The number of methoxy groups -OCH3 is 1. The Morgan fingerprint density at radius 1 is 0.766 bits per heavy atom. The SMILES string of the molecule is COC(=O)N[C@H](C(=O)Nc1ccccc1CC[C@@H]1CN(C(=O)OC(C)(C)C)[C@H](CO)[C@@H](CO[Si](c2ccccc2)(c2ccccc2)C(C)(C)C)O1)C(c1ccccc1)c1ccccc1. The Labute approximate surface area is 379 Å². The number of anilines is 1. The van der Waals surface area contributed by atoms with Gasteiger partial charge in [-0.3, -0.25) is 9.69 Å². The summed E-state index contributed by atoms with van der Waals surface area (Å²) in [5.41, 5.74) is 2.32. The van der Waals surface area contributed by atoms with Crippen LogP contribution in [0.4, 0.5) is 15.3 Å². The second-order valence-corrected chi connectivity index (χ2v) is 22.6. The quantitative estimate of drug-likeness (QED) is 0.0900. The van der Waals surface area contributed by atoms with Crippen LogP contribution in [0.2, 0.25) is 5.04 Å². The van der Waals surface area contributed by atoms with Crippen molar-refractivity contribution in [1.29, 1.82) is 0 Å². The van der Waals surface area contributed by atoms with E-state index in [2.05, 4.69) is 55.7 Å². The van der Waals surface area contributed by atoms with Crippen LogP contribution in [0.5, 0.6) is 0 Å². The predicted octanol–water partition coefficient (Wildman–Crippen LogP) is 8.06. The molecule has 1 aliphatic heterocycles. The van der Waals surface area contributed by atoms with E-state index in [1.165, 1.54) is 7.11 Å². The fraction of sp³-hybridized carbons (Fsp3) is 0.365. The Hall–Kier alpha value is -5.79. The molecule has 0 unspecified atom stereocenters. The van der Waals surface area contributed by atoms with Crippen molar-refractivity contribution in [2.45, 2.75) is 95.2 Å². The van der Waals surface area contributed by atoms with E-state index >= 15 is 0 Å². The third-order valence-corrected chi connectivity index (χ3v) is 16.7. The van der Waals surface area contributed by atoms with E-state index in [0.29, 0.717) is 18.5 Å². The molecule has 3 amide bonds. The fourth-order valence-corrected chi connectivity index (χ4v) is 13.3. The maximum Gasteiger partial charge on any atom is 0.410 e. The molecule has 0 bridgehead atoms. The van der Waals surface area contributed by atoms with Crippen molar-refractivity contribution in [3.8, 4) is 0 Å². The molecular formula is C52H63N3O8Si. The maximum absolute atomic E-state index is 14.5. The number of hydrogen-bond donors (Lipinski definition) is 3. The number of nitrogens with one attached hydrogen (secondary N) is 2. The van der Waals surface area contributed by atoms with Crippen molar-refractivity contribution in [1.82, 2.24) is 10.2 Å². The largest absolute Gasteiger partial charge is 0.453 e. The van der Waals surface area contributed by atoms with E-state index in [1.807, 2.05) is 142 Å². The Kier molecular flexibility index (Phi) is 15.8. The highest BCUT2D eigenvalue weighted by atomic mass is 28.4. The Morgan fingerprint density at radius 3 is 1.78 bits per heavy atom. The van der Waals surface area contributed by atoms with Crippen LogP contribution in [0.25, 0.3) is 0 Å². The minimum absolute atomic E-state index is 0.111. The molecule has 4 atom stereocenters. The number of nitrogens with zero attached hydrogens (tertiary/aromatic N) is 1. The van der Waals surface area contributed by atoms with Gasteiger partial charge in [0.15, 0.2) is 0 Å². The third-order valence-electron chi connectivity index (χ3n) is 11.7. The topological polar surface area (TPSA) is 136 Å². The summed E-state index contributed by atoms with van der Waals surface area (Å²) < 4.78 is 25.1. The molecule has 5 aromatic carbocycles. The molecule has 0 saturated carbocycles. The van der Waals surface area contributed by atoms with Crippen molar-refractivity contribution >= 4 is 42.5 Å². The van der Waals surface area contributed by atoms with E-state index in [-0.39, 0.29) is 24.8 Å². The van der Waals surface area contributed by atoms with Crippen molar-refractivity contribution in [2.24, 2.45) is 0 Å². The molecule has 12 heteroatoms. The summed E-state index contributed by atoms with van der Waals surface area (Å²) >= 11 is 0. The number of hydrogen-bond acceptors (Lipinski definition) is 8. The first-order valence-corrected chi connectivity index (χ1v) is 23.9. The monoisotopic (exact) mass is 885 g/mol. The first-order valence-electron chi connectivity index (χ1n) is 22.0. The molecule has 1 heterocycles. The number of alkyl carbamates (subject to hydrolysis) is 1. The van der Waals surface area contributed by atoms with Crippen LogP contribution in [-0.2, 0) is 29.9 Å². The van der Waals surface area contributed by atoms with E-state index in [4.69, 9.17) is 18.6 Å². The van der Waals surface area contributed by atoms with Gasteiger partial charge < -0.3 is 34.4 Å². The summed E-state index contributed by atoms with van der Waals surface area (Å²) in [6.45, 7) is 12.0. The van der Waals surface area contributed by atoms with Gasteiger partial charge in [-0.15, -0.1) is 0 Å². The average Bonchev–Trinajstić information content (AvgIpc) is 3.28. The molecular weight excluding hydrogens is 823 g/mol. The van der Waals surface area contributed by atoms with Gasteiger partial charge in [0.1, 0.15) is 17.7 Å². The van der Waals surface area contributed by atoms with Crippen molar-refractivity contribution in [3.05, 3.63) is 162 Å². The number of aliphatic hydroxyl groups excluding tert-OH is 1. The van der Waals surface area contributed by atoms with Gasteiger partial charge in [-0.05, 0) is 71.8 Å². The summed E-state index contributed by atoms with van der Waals surface area (Å²) in [4.78, 5) is 42.9. The lowest BCUT2D eigenvalue weighted by atomic mass is 9.84. The minimum Gasteiger partial charge on any atom is -0.453 e. The summed E-state index contributed by atoms with van der Waals surface area (Å²) in [6.07, 6.45) is -1.54. The molecule has 11 nitrogen and oxygen atoms in total. The van der Waals surface area contributed by atoms with Crippen molar-refractivity contribution < 1.29 is 38.1 Å². The summed E-state index contributed by atoms with van der Waals surface area (Å²) in [7, 11) is -1.75. The van der Waals surface area contributed by atoms with Gasteiger partial charge in [-0.1, -0.05) is 160 Å². The lowest BCUT2D eigenvalue weighted by Crippen LogP contribution is -2.68. The molecule has 0 spiro atoms. The average molecular weight is 886 g/mol. The van der Waals surface area contributed by atoms with Crippen LogP contribution in [0.15, 0.2) is 146 Å². The highest BCUT2D eigenvalue weighted by Gasteiger charge is 2.52. The minimum atomic E-state index is -3.02. The third kappa shape index (κ3) is 11.5. The zero-order chi connectivity index (χ0) is 45.9. The second-order valence-electron chi connectivity index (χ2n) is 18.3. The number of morpholine rings is 1. The number of rotatable bonds is 15. The first-order chi connectivity index (χ1) is 30.6. The van der Waals surface area contributed by atoms with Crippen LogP contribution in [0.3, 0.4) is 0 Å². The van der Waals surface area contributed by atoms with E-state index < -0.39 is 62.2 Å². The number of amides is 3. The number of aryl methyl sites for hydroxylation is 1. The standard InChI is InChI=1S/C52H63N3O8Si/c1-51(2,3)63-50(59)55-34-40(62-45(44(55)35-56)36-61-64(52(4,5)6,41-27-16-10-17-28-41)42-29-18-11-19-30-42)33-32-37-22-20-21-31-43(37)53-48(57)47(54-49(58)60-7)46(38-23-12-8-13-24-38)39-25-14-9-15-26-39/h8-31,40,44-47,56H,32-36H2,1-7H3,(H,53,57)(H,54,58)/t40-,44-,45-,47+/m1/s1. The predicted molar refractivity (Wildman–Crippen MR) is 253 cm³/mol. The molecule has 3 N–H and O–H groups in total. The first kappa shape index (κ1) is 47.7. The number of carbonyl (C=O) groups is 3. The molecule has 64 heavy (non-hydrogen) atoms. The summed E-state index contributed by atoms with van der Waals surface area (Å²) in [6, 6.07) is 45.5. The number of para-hydroxylation sites is 1. The van der Waals surface area contributed by atoms with Crippen LogP contribution < -0.4 is 21.0 Å². The maximum atomic E-state index is 14.5. The van der Waals surface area contributed by atoms with Gasteiger partial charge >= 0.3 is 12.2 Å². The van der Waals surface area contributed by atoms with Gasteiger partial charge in [0.25, 0.3) is 8.32 Å². The van der Waals surface area contributed by atoms with E-state index in [1.54, 1.807) is 4.90 Å². The number of benzene rings is 5. The zero-order valence-corrected chi connectivity index (χ0v) is 39.0. The molecule has 0 aliphatic carbocycles. The number of ether oxygens (including phenoxy) is 3. The van der Waals surface area contributed by atoms with E-state index in [9.17, 15) is 19.5 Å². The highest BCUT2D eigenvalue weighted by molar-refractivity contribution is 6.99. The molecule has 1 aliphatic rings. The molecule has 5 aromatic rings. The fourth-order valence-electron chi connectivity index (χ4n) is 8.73. The van der Waals surface area contributed by atoms with Gasteiger partial charge in [0.2, 0.25) is 5.91 Å². The second kappa shape index (κ2) is 21.3. The van der Waals surface area contributed by atoms with Crippen LogP contribution in [0, 0.1) is 0 Å². The summed E-state index contributed by atoms with van der Waals surface area (Å²) in [5.74, 6) is -0.961. The molecule has 1 fully saturated rings. The lowest BCUT2D eigenvalue weighted by molar-refractivity contribution is -0.140. The molecule has 1 saturated heterocycles. The number of carbonyl (C=O) groups excluding carboxylic acids is 3. The Bertz CT molecular complexity index is 2190. The highest BCUT2D eigenvalue weighted by Crippen LogP contribution is 2.38. The Balaban J connectivity index is 1.29. The van der Waals surface area contributed by atoms with Gasteiger partial charge in [0, 0.05) is 11.6 Å². The van der Waals surface area contributed by atoms with Gasteiger partial charge in [0.05, 0.1) is 39.0 Å². The molecule has 6 rings (SSSR count). The van der Waals surface area contributed by atoms with Crippen LogP contribution in [-0.4, -0.2) is 93.2 Å². The smallest absolute Gasteiger partial charge is 0.410 e. The molecule has 338 valence electrons. The van der Waals surface area contributed by atoms with Crippen LogP contribution >= 0.6 is 0 Å². The van der Waals surface area contributed by atoms with Gasteiger partial charge in [-0.25, -0.2) is 9.59 Å². The van der Waals surface area contributed by atoms with E-state index in [0.717, 1.165) is 27.1 Å².